The van der Waals surface area contributed by atoms with Crippen LogP contribution >= 0.6 is 0 Å². The van der Waals surface area contributed by atoms with Gasteiger partial charge in [0.1, 0.15) is 0 Å². The third kappa shape index (κ3) is 4.68. The van der Waals surface area contributed by atoms with Crippen molar-refractivity contribution in [3.05, 3.63) is 0 Å². The smallest absolute Gasteiger partial charge is 0.263 e. The van der Waals surface area contributed by atoms with Crippen molar-refractivity contribution in [2.24, 2.45) is 0 Å². The minimum absolute atomic E-state index is 0.0102. The van der Waals surface area contributed by atoms with E-state index in [9.17, 15) is 14.7 Å². The van der Waals surface area contributed by atoms with Crippen LogP contribution in [0, 0.1) is 11.3 Å². The lowest BCUT2D eigenvalue weighted by atomic mass is 9.91. The van der Waals surface area contributed by atoms with Crippen molar-refractivity contribution < 1.29 is 14.7 Å². The number of carbonyl (C=O) groups is 2. The number of nitriles is 1. The van der Waals surface area contributed by atoms with Crippen LogP contribution < -0.4 is 10.6 Å². The first-order chi connectivity index (χ1) is 11.1. The molecule has 2 saturated carbocycles. The Balaban J connectivity index is 1.98. The Labute approximate surface area is 137 Å². The topological polar surface area (TPSA) is 102 Å². The number of aliphatic hydroxyl groups is 1. The van der Waals surface area contributed by atoms with E-state index in [0.29, 0.717) is 0 Å². The standard InChI is InChI=1S/C17H27N3O3/c18-12-11-17(23,15(21)19-13-7-3-1-4-8-13)16(22)20-14-9-5-2-6-10-14/h13-14,23H,1-11H2,(H,19,21)(H,20,22). The Morgan fingerprint density at radius 2 is 1.30 bits per heavy atom. The number of hydrogen-bond donors (Lipinski definition) is 3. The van der Waals surface area contributed by atoms with Crippen molar-refractivity contribution in [1.82, 2.24) is 10.6 Å². The molecule has 0 atom stereocenters. The molecule has 3 N–H and O–H groups in total. The van der Waals surface area contributed by atoms with Crippen molar-refractivity contribution >= 4 is 11.8 Å². The molecule has 23 heavy (non-hydrogen) atoms. The van der Waals surface area contributed by atoms with E-state index in [1.807, 2.05) is 0 Å². The summed E-state index contributed by atoms with van der Waals surface area (Å²) in [5.41, 5.74) is -2.29. The minimum atomic E-state index is -2.29. The highest BCUT2D eigenvalue weighted by Gasteiger charge is 2.45. The van der Waals surface area contributed by atoms with Gasteiger partial charge in [-0.2, -0.15) is 5.26 Å². The fraction of sp³-hybridized carbons (Fsp3) is 0.824. The van der Waals surface area contributed by atoms with E-state index in [2.05, 4.69) is 10.6 Å². The zero-order valence-corrected chi connectivity index (χ0v) is 13.6. The molecule has 2 fully saturated rings. The second-order valence-corrected chi connectivity index (χ2v) is 6.81. The lowest BCUT2D eigenvalue weighted by molar-refractivity contribution is -0.154. The van der Waals surface area contributed by atoms with Gasteiger partial charge in [-0.3, -0.25) is 9.59 Å². The molecule has 2 rings (SSSR count). The van der Waals surface area contributed by atoms with E-state index >= 15 is 0 Å². The summed E-state index contributed by atoms with van der Waals surface area (Å²) < 4.78 is 0. The zero-order valence-electron chi connectivity index (χ0n) is 13.6. The Bertz CT molecular complexity index is 428. The number of nitrogens with zero attached hydrogens (tertiary/aromatic N) is 1. The van der Waals surface area contributed by atoms with Gasteiger partial charge in [0.05, 0.1) is 12.5 Å². The molecule has 2 aliphatic rings. The first-order valence-corrected chi connectivity index (χ1v) is 8.77. The quantitative estimate of drug-likeness (QED) is 0.668. The maximum absolute atomic E-state index is 12.4. The highest BCUT2D eigenvalue weighted by atomic mass is 16.3. The van der Waals surface area contributed by atoms with Crippen LogP contribution in [0.25, 0.3) is 0 Å². The van der Waals surface area contributed by atoms with Gasteiger partial charge in [-0.25, -0.2) is 0 Å². The van der Waals surface area contributed by atoms with Gasteiger partial charge in [0.2, 0.25) is 5.60 Å². The number of hydrogen-bond acceptors (Lipinski definition) is 4. The lowest BCUT2D eigenvalue weighted by Gasteiger charge is -2.31. The molecule has 0 heterocycles. The van der Waals surface area contributed by atoms with Gasteiger partial charge in [0, 0.05) is 12.1 Å². The highest BCUT2D eigenvalue weighted by Crippen LogP contribution is 2.21. The zero-order chi connectivity index (χ0) is 16.7. The molecule has 0 spiro atoms. The molecule has 6 nitrogen and oxygen atoms in total. The van der Waals surface area contributed by atoms with E-state index in [-0.39, 0.29) is 12.1 Å². The molecular weight excluding hydrogens is 294 g/mol. The molecule has 0 radical (unpaired) electrons. The van der Waals surface area contributed by atoms with Crippen LogP contribution in [-0.2, 0) is 9.59 Å². The van der Waals surface area contributed by atoms with Gasteiger partial charge in [-0.15, -0.1) is 0 Å². The molecule has 2 aliphatic carbocycles. The normalized spacial score (nSPS) is 20.5. The third-order valence-corrected chi connectivity index (χ3v) is 4.97. The predicted octanol–water partition coefficient (Wildman–Crippen LogP) is 1.53. The lowest BCUT2D eigenvalue weighted by Crippen LogP contribution is -2.60. The fourth-order valence-corrected chi connectivity index (χ4v) is 3.48. The second-order valence-electron chi connectivity index (χ2n) is 6.81. The number of rotatable bonds is 5. The summed E-state index contributed by atoms with van der Waals surface area (Å²) >= 11 is 0. The maximum Gasteiger partial charge on any atom is 0.263 e. The summed E-state index contributed by atoms with van der Waals surface area (Å²) in [6, 6.07) is 1.75. The average molecular weight is 321 g/mol. The van der Waals surface area contributed by atoms with Crippen molar-refractivity contribution in [2.75, 3.05) is 0 Å². The molecule has 128 valence electrons. The van der Waals surface area contributed by atoms with E-state index in [1.165, 1.54) is 0 Å². The van der Waals surface area contributed by atoms with Crippen LogP contribution in [0.5, 0.6) is 0 Å². The monoisotopic (exact) mass is 321 g/mol. The van der Waals surface area contributed by atoms with Crippen molar-refractivity contribution in [3.8, 4) is 6.07 Å². The van der Waals surface area contributed by atoms with Gasteiger partial charge in [0.25, 0.3) is 11.8 Å². The second kappa shape index (κ2) is 8.30. The molecule has 0 aliphatic heterocycles. The maximum atomic E-state index is 12.4. The van der Waals surface area contributed by atoms with Crippen LogP contribution in [0.3, 0.4) is 0 Å². The molecule has 2 amide bonds. The molecular formula is C17H27N3O3. The number of carbonyl (C=O) groups excluding carboxylic acids is 2. The summed E-state index contributed by atoms with van der Waals surface area (Å²) in [6.45, 7) is 0. The van der Waals surface area contributed by atoms with Crippen molar-refractivity contribution in [2.45, 2.75) is 88.3 Å². The van der Waals surface area contributed by atoms with E-state index in [1.54, 1.807) is 6.07 Å². The first kappa shape index (κ1) is 17.7. The molecule has 0 aromatic rings. The Hall–Kier alpha value is -1.61. The van der Waals surface area contributed by atoms with E-state index in [0.717, 1.165) is 64.2 Å². The van der Waals surface area contributed by atoms with Crippen LogP contribution in [-0.4, -0.2) is 34.6 Å². The third-order valence-electron chi connectivity index (χ3n) is 4.97. The van der Waals surface area contributed by atoms with Crippen LogP contribution in [0.2, 0.25) is 0 Å². The summed E-state index contributed by atoms with van der Waals surface area (Å²) in [4.78, 5) is 24.9. The van der Waals surface area contributed by atoms with Gasteiger partial charge < -0.3 is 15.7 Å². The molecule has 0 aromatic heterocycles. The first-order valence-electron chi connectivity index (χ1n) is 8.77. The highest BCUT2D eigenvalue weighted by molar-refractivity contribution is 6.08. The Morgan fingerprint density at radius 1 is 0.913 bits per heavy atom. The van der Waals surface area contributed by atoms with Gasteiger partial charge in [0.15, 0.2) is 0 Å². The summed E-state index contributed by atoms with van der Waals surface area (Å²) in [5, 5.41) is 25.0. The van der Waals surface area contributed by atoms with Crippen molar-refractivity contribution in [1.29, 1.82) is 5.26 Å². The van der Waals surface area contributed by atoms with Crippen LogP contribution in [0.15, 0.2) is 0 Å². The SMILES string of the molecule is N#CCC(O)(C(=O)NC1CCCCC1)C(=O)NC1CCCCC1. The minimum Gasteiger partial charge on any atom is -0.371 e. The molecule has 0 bridgehead atoms. The van der Waals surface area contributed by atoms with E-state index < -0.39 is 23.8 Å². The summed E-state index contributed by atoms with van der Waals surface area (Å²) in [5.74, 6) is -1.47. The number of amides is 2. The Morgan fingerprint density at radius 3 is 1.65 bits per heavy atom. The summed E-state index contributed by atoms with van der Waals surface area (Å²) in [7, 11) is 0. The largest absolute Gasteiger partial charge is 0.371 e. The summed E-state index contributed by atoms with van der Waals surface area (Å²) in [6.07, 6.45) is 9.37. The van der Waals surface area contributed by atoms with E-state index in [4.69, 9.17) is 5.26 Å². The molecule has 0 unspecified atom stereocenters. The average Bonchev–Trinajstić information content (AvgIpc) is 2.56. The van der Waals surface area contributed by atoms with Crippen molar-refractivity contribution in [3.63, 3.8) is 0 Å². The predicted molar refractivity (Wildman–Crippen MR) is 85.2 cm³/mol. The molecule has 6 heteroatoms. The van der Waals surface area contributed by atoms with Gasteiger partial charge in [-0.1, -0.05) is 38.5 Å². The van der Waals surface area contributed by atoms with Crippen LogP contribution in [0.4, 0.5) is 0 Å². The molecule has 0 aromatic carbocycles. The van der Waals surface area contributed by atoms with Gasteiger partial charge >= 0.3 is 0 Å². The number of nitrogens with one attached hydrogen (secondary N) is 2. The van der Waals surface area contributed by atoms with Gasteiger partial charge in [-0.05, 0) is 25.7 Å². The fourth-order valence-electron chi connectivity index (χ4n) is 3.48. The Kier molecular flexibility index (Phi) is 6.40. The molecule has 0 saturated heterocycles. The van der Waals surface area contributed by atoms with Crippen LogP contribution in [0.1, 0.15) is 70.6 Å².